The second-order valence-corrected chi connectivity index (χ2v) is 3.22. The molecule has 2 heterocycles. The Labute approximate surface area is 111 Å². The molecule has 0 N–H and O–H groups in total. The van der Waals surface area contributed by atoms with Crippen molar-refractivity contribution in [1.82, 2.24) is 19.1 Å². The quantitative estimate of drug-likeness (QED) is 0.731. The largest absolute Gasteiger partial charge is 0.264 e. The van der Waals surface area contributed by atoms with E-state index in [-0.39, 0.29) is 23.3 Å². The molecule has 92 valence electrons. The monoisotopic (exact) mass is 262 g/mol. The van der Waals surface area contributed by atoms with Crippen molar-refractivity contribution >= 4 is 11.9 Å². The molecule has 0 aromatic carbocycles. The summed E-state index contributed by atoms with van der Waals surface area (Å²) in [4.78, 5) is 7.46. The first-order valence-electron chi connectivity index (χ1n) is 4.92. The Bertz CT molecular complexity index is 782. The van der Waals surface area contributed by atoms with Crippen LogP contribution in [0.2, 0.25) is 0 Å². The van der Waals surface area contributed by atoms with Crippen molar-refractivity contribution < 1.29 is 0 Å². The Balaban J connectivity index is 2.41. The first kappa shape index (κ1) is 12.4. The molecular weight excluding hydrogens is 260 g/mol. The molecular formula is C10H2N10. The zero-order valence-electron chi connectivity index (χ0n) is 9.63. The first-order chi connectivity index (χ1) is 9.71. The topological polar surface area (TPSA) is 156 Å². The predicted molar refractivity (Wildman–Crippen MR) is 60.1 cm³/mol. The Morgan fingerprint density at radius 2 is 1.20 bits per heavy atom. The van der Waals surface area contributed by atoms with E-state index < -0.39 is 0 Å². The second kappa shape index (κ2) is 5.09. The molecule has 0 aliphatic rings. The zero-order chi connectivity index (χ0) is 14.5. The van der Waals surface area contributed by atoms with Crippen LogP contribution in [0.3, 0.4) is 0 Å². The van der Waals surface area contributed by atoms with Crippen LogP contribution in [0.5, 0.6) is 0 Å². The highest BCUT2D eigenvalue weighted by Crippen LogP contribution is 2.16. The molecule has 0 aliphatic heterocycles. The number of hydrogen-bond donors (Lipinski definition) is 0. The van der Waals surface area contributed by atoms with Crippen LogP contribution >= 0.6 is 0 Å². The average molecular weight is 262 g/mol. The van der Waals surface area contributed by atoms with Crippen molar-refractivity contribution in [2.75, 3.05) is 0 Å². The highest BCUT2D eigenvalue weighted by Gasteiger charge is 2.09. The van der Waals surface area contributed by atoms with Crippen molar-refractivity contribution in [1.29, 1.82) is 21.0 Å². The maximum absolute atomic E-state index is 8.81. The van der Waals surface area contributed by atoms with Crippen LogP contribution in [0.1, 0.15) is 11.4 Å². The molecule has 2 rings (SSSR count). The molecule has 0 unspecified atom stereocenters. The lowest BCUT2D eigenvalue weighted by molar-refractivity contribution is 0.970. The summed E-state index contributed by atoms with van der Waals surface area (Å²) in [5.74, 6) is -0.259. The highest BCUT2D eigenvalue weighted by molar-refractivity contribution is 5.34. The van der Waals surface area contributed by atoms with Gasteiger partial charge in [-0.2, -0.15) is 31.0 Å². The second-order valence-electron chi connectivity index (χ2n) is 3.22. The summed E-state index contributed by atoms with van der Waals surface area (Å²) >= 11 is 0. The summed E-state index contributed by atoms with van der Waals surface area (Å²) in [7, 11) is 0. The summed E-state index contributed by atoms with van der Waals surface area (Å²) in [6, 6.07) is 3.51. The fraction of sp³-hybridized carbons (Fsp3) is 0. The molecule has 0 aliphatic carbocycles. The van der Waals surface area contributed by atoms with E-state index in [4.69, 9.17) is 21.0 Å². The van der Waals surface area contributed by atoms with Gasteiger partial charge < -0.3 is 0 Å². The Kier molecular flexibility index (Phi) is 3.17. The normalized spacial score (nSPS) is 9.60. The van der Waals surface area contributed by atoms with E-state index in [0.29, 0.717) is 0 Å². The standard InChI is InChI=1S/C10H2N10/c11-1-7-3-19(5-13)9(15-7)17-18-10-16-8(2-12)4-20(10)6-14/h3-4H. The number of azo groups is 1. The molecule has 10 nitrogen and oxygen atoms in total. The van der Waals surface area contributed by atoms with Crippen LogP contribution in [0.25, 0.3) is 0 Å². The minimum absolute atomic E-state index is 0.00170. The third kappa shape index (κ3) is 2.17. The van der Waals surface area contributed by atoms with Gasteiger partial charge in [-0.1, -0.05) is 0 Å². The van der Waals surface area contributed by atoms with Crippen LogP contribution in [0, 0.1) is 45.6 Å². The van der Waals surface area contributed by atoms with E-state index in [0.717, 1.165) is 9.13 Å². The molecule has 0 bridgehead atoms. The van der Waals surface area contributed by atoms with Crippen LogP contribution in [0.15, 0.2) is 22.6 Å². The van der Waals surface area contributed by atoms with E-state index in [1.807, 2.05) is 0 Å². The molecule has 2 aromatic heterocycles. The Morgan fingerprint density at radius 3 is 1.50 bits per heavy atom. The van der Waals surface area contributed by atoms with Gasteiger partial charge in [-0.05, 0) is 0 Å². The average Bonchev–Trinajstić information content (AvgIpc) is 3.07. The number of nitriles is 4. The first-order valence-corrected chi connectivity index (χ1v) is 4.92. The van der Waals surface area contributed by atoms with Gasteiger partial charge in [0.2, 0.25) is 0 Å². The van der Waals surface area contributed by atoms with Crippen molar-refractivity contribution in [3.8, 4) is 24.5 Å². The third-order valence-electron chi connectivity index (χ3n) is 2.05. The van der Waals surface area contributed by atoms with Gasteiger partial charge in [0.15, 0.2) is 23.8 Å². The maximum atomic E-state index is 8.81. The lowest BCUT2D eigenvalue weighted by Crippen LogP contribution is -1.85. The molecule has 20 heavy (non-hydrogen) atoms. The number of hydrogen-bond acceptors (Lipinski definition) is 8. The summed E-state index contributed by atoms with van der Waals surface area (Å²) in [5, 5.41) is 42.2. The van der Waals surface area contributed by atoms with E-state index in [2.05, 4.69) is 20.2 Å². The minimum atomic E-state index is -0.130. The fourth-order valence-electron chi connectivity index (χ4n) is 1.23. The number of aromatic nitrogens is 4. The van der Waals surface area contributed by atoms with Crippen LogP contribution in [-0.4, -0.2) is 19.1 Å². The minimum Gasteiger partial charge on any atom is -0.217 e. The molecule has 2 aromatic rings. The van der Waals surface area contributed by atoms with E-state index >= 15 is 0 Å². The van der Waals surface area contributed by atoms with Gasteiger partial charge in [-0.15, -0.1) is 10.2 Å². The molecule has 0 amide bonds. The molecule has 0 atom stereocenters. The lowest BCUT2D eigenvalue weighted by Gasteiger charge is -1.89. The smallest absolute Gasteiger partial charge is 0.217 e. The Hall–Kier alpha value is -4.02. The molecule has 0 saturated heterocycles. The number of rotatable bonds is 2. The summed E-state index contributed by atoms with van der Waals surface area (Å²) in [6.45, 7) is 0. The van der Waals surface area contributed by atoms with Crippen molar-refractivity contribution in [2.24, 2.45) is 10.2 Å². The fourth-order valence-corrected chi connectivity index (χ4v) is 1.23. The van der Waals surface area contributed by atoms with Crippen molar-refractivity contribution in [3.05, 3.63) is 23.8 Å². The van der Waals surface area contributed by atoms with Crippen molar-refractivity contribution in [3.63, 3.8) is 0 Å². The van der Waals surface area contributed by atoms with Gasteiger partial charge in [0.1, 0.15) is 12.1 Å². The summed E-state index contributed by atoms with van der Waals surface area (Å²) < 4.78 is 1.87. The van der Waals surface area contributed by atoms with Gasteiger partial charge in [-0.25, -0.2) is 9.13 Å². The van der Waals surface area contributed by atoms with E-state index in [9.17, 15) is 0 Å². The molecule has 0 saturated carbocycles. The number of imidazole rings is 2. The SMILES string of the molecule is N#Cc1cn(C#N)c(N=Nc2nc(C#N)cn2C#N)n1. The van der Waals surface area contributed by atoms with Crippen molar-refractivity contribution in [2.45, 2.75) is 0 Å². The van der Waals surface area contributed by atoms with Crippen LogP contribution in [-0.2, 0) is 0 Å². The zero-order valence-corrected chi connectivity index (χ0v) is 9.63. The molecule has 0 spiro atoms. The Morgan fingerprint density at radius 1 is 0.800 bits per heavy atom. The molecule has 0 radical (unpaired) electrons. The highest BCUT2D eigenvalue weighted by atomic mass is 15.3. The van der Waals surface area contributed by atoms with E-state index in [1.165, 1.54) is 12.4 Å². The number of nitrogens with zero attached hydrogens (tertiary/aromatic N) is 10. The predicted octanol–water partition coefficient (Wildman–Crippen LogP) is 0.897. The van der Waals surface area contributed by atoms with Gasteiger partial charge in [0.05, 0.1) is 12.4 Å². The molecule has 10 heteroatoms. The maximum Gasteiger partial charge on any atom is 0.264 e. The lowest BCUT2D eigenvalue weighted by atomic mass is 10.5. The van der Waals surface area contributed by atoms with E-state index in [1.54, 1.807) is 24.5 Å². The van der Waals surface area contributed by atoms with Gasteiger partial charge in [0, 0.05) is 0 Å². The van der Waals surface area contributed by atoms with Gasteiger partial charge in [0.25, 0.3) is 11.9 Å². The third-order valence-corrected chi connectivity index (χ3v) is 2.05. The summed E-state index contributed by atoms with van der Waals surface area (Å²) in [6.07, 6.45) is 5.85. The van der Waals surface area contributed by atoms with Crippen LogP contribution < -0.4 is 0 Å². The van der Waals surface area contributed by atoms with Gasteiger partial charge in [-0.3, -0.25) is 0 Å². The van der Waals surface area contributed by atoms with Crippen LogP contribution in [0.4, 0.5) is 11.9 Å². The molecule has 0 fully saturated rings. The van der Waals surface area contributed by atoms with Gasteiger partial charge >= 0.3 is 0 Å². The summed E-state index contributed by atoms with van der Waals surface area (Å²) in [5.41, 5.74) is 0.00341.